The third-order valence-electron chi connectivity index (χ3n) is 3.10. The van der Waals surface area contributed by atoms with Gasteiger partial charge in [0.2, 0.25) is 0 Å². The summed E-state index contributed by atoms with van der Waals surface area (Å²) in [5.74, 6) is -0.461. The van der Waals surface area contributed by atoms with Crippen LogP contribution in [0.3, 0.4) is 0 Å². The summed E-state index contributed by atoms with van der Waals surface area (Å²) in [6.07, 6.45) is 0. The molecular weight excluding hydrogens is 250 g/mol. The van der Waals surface area contributed by atoms with Crippen molar-refractivity contribution in [3.8, 4) is 0 Å². The lowest BCUT2D eigenvalue weighted by molar-refractivity contribution is -0.253. The summed E-state index contributed by atoms with van der Waals surface area (Å²) in [6.45, 7) is 7.31. The molecular formula is C14H20ClNO2. The summed E-state index contributed by atoms with van der Waals surface area (Å²) in [6, 6.07) is 8.33. The number of nitrogens with one attached hydrogen (secondary N) is 1. The first-order valence-corrected chi connectivity index (χ1v) is 6.63. The number of hydrogen-bond donors (Lipinski definition) is 1. The molecule has 0 spiro atoms. The second-order valence-corrected chi connectivity index (χ2v) is 5.60. The van der Waals surface area contributed by atoms with Gasteiger partial charge in [-0.2, -0.15) is 0 Å². The highest BCUT2D eigenvalue weighted by molar-refractivity contribution is 6.30. The van der Waals surface area contributed by atoms with E-state index in [2.05, 4.69) is 18.3 Å². The molecule has 0 saturated carbocycles. The number of rotatable bonds is 3. The molecule has 1 atom stereocenters. The summed E-state index contributed by atoms with van der Waals surface area (Å²) in [5, 5.41) is 4.25. The molecule has 0 aromatic heterocycles. The van der Waals surface area contributed by atoms with Gasteiger partial charge in [-0.1, -0.05) is 23.7 Å². The van der Waals surface area contributed by atoms with E-state index in [1.807, 2.05) is 32.0 Å². The Hall–Kier alpha value is -0.610. The predicted molar refractivity (Wildman–Crippen MR) is 72.8 cm³/mol. The zero-order valence-corrected chi connectivity index (χ0v) is 11.8. The number of halogens is 1. The van der Waals surface area contributed by atoms with E-state index in [1.165, 1.54) is 5.56 Å². The van der Waals surface area contributed by atoms with Gasteiger partial charge in [0, 0.05) is 11.1 Å². The maximum Gasteiger partial charge on any atom is 0.162 e. The molecule has 18 heavy (non-hydrogen) atoms. The van der Waals surface area contributed by atoms with Gasteiger partial charge in [0.1, 0.15) is 0 Å². The highest BCUT2D eigenvalue weighted by Crippen LogP contribution is 2.21. The first kappa shape index (κ1) is 13.8. The van der Waals surface area contributed by atoms with Crippen molar-refractivity contribution in [2.75, 3.05) is 13.2 Å². The molecule has 0 aliphatic carbocycles. The minimum atomic E-state index is -0.461. The van der Waals surface area contributed by atoms with Crippen LogP contribution in [0.1, 0.15) is 32.4 Å². The minimum absolute atomic E-state index is 0.215. The first-order valence-electron chi connectivity index (χ1n) is 6.26. The summed E-state index contributed by atoms with van der Waals surface area (Å²) < 4.78 is 11.3. The van der Waals surface area contributed by atoms with Crippen molar-refractivity contribution in [2.24, 2.45) is 0 Å². The van der Waals surface area contributed by atoms with E-state index in [0.29, 0.717) is 13.2 Å². The van der Waals surface area contributed by atoms with Crippen molar-refractivity contribution in [2.45, 2.75) is 38.6 Å². The largest absolute Gasteiger partial charge is 0.349 e. The van der Waals surface area contributed by atoms with Crippen LogP contribution in [0.4, 0.5) is 0 Å². The SMILES string of the molecule is C[C@H](NC1COC(C)(C)OC1)c1cccc(Cl)c1. The fourth-order valence-electron chi connectivity index (χ4n) is 2.01. The molecule has 1 fully saturated rings. The van der Waals surface area contributed by atoms with Crippen molar-refractivity contribution in [1.29, 1.82) is 0 Å². The average molecular weight is 270 g/mol. The van der Waals surface area contributed by atoms with Crippen LogP contribution in [0.25, 0.3) is 0 Å². The Balaban J connectivity index is 1.90. The maximum atomic E-state index is 5.99. The molecule has 3 nitrogen and oxygen atoms in total. The van der Waals surface area contributed by atoms with Crippen molar-refractivity contribution in [1.82, 2.24) is 5.32 Å². The molecule has 0 radical (unpaired) electrons. The van der Waals surface area contributed by atoms with Crippen LogP contribution in [-0.2, 0) is 9.47 Å². The quantitative estimate of drug-likeness (QED) is 0.914. The van der Waals surface area contributed by atoms with Gasteiger partial charge in [-0.25, -0.2) is 0 Å². The van der Waals surface area contributed by atoms with E-state index >= 15 is 0 Å². The van der Waals surface area contributed by atoms with Crippen LogP contribution in [-0.4, -0.2) is 25.0 Å². The van der Waals surface area contributed by atoms with Gasteiger partial charge in [-0.05, 0) is 38.5 Å². The maximum absolute atomic E-state index is 5.99. The molecule has 1 heterocycles. The molecule has 100 valence electrons. The minimum Gasteiger partial charge on any atom is -0.349 e. The van der Waals surface area contributed by atoms with E-state index in [9.17, 15) is 0 Å². The zero-order valence-electron chi connectivity index (χ0n) is 11.1. The topological polar surface area (TPSA) is 30.5 Å². The van der Waals surface area contributed by atoms with Crippen molar-refractivity contribution < 1.29 is 9.47 Å². The molecule has 1 aromatic rings. The molecule has 1 aromatic carbocycles. The van der Waals surface area contributed by atoms with E-state index in [4.69, 9.17) is 21.1 Å². The summed E-state index contributed by atoms with van der Waals surface area (Å²) in [5.41, 5.74) is 1.17. The molecule has 1 aliphatic rings. The molecule has 2 rings (SSSR count). The Kier molecular flexibility index (Phi) is 4.28. The fourth-order valence-corrected chi connectivity index (χ4v) is 2.21. The van der Waals surface area contributed by atoms with Crippen molar-refractivity contribution in [3.63, 3.8) is 0 Å². The van der Waals surface area contributed by atoms with Crippen LogP contribution in [0.2, 0.25) is 5.02 Å². The first-order chi connectivity index (χ1) is 8.46. The Morgan fingerprint density at radius 1 is 1.33 bits per heavy atom. The Morgan fingerprint density at radius 3 is 2.61 bits per heavy atom. The second-order valence-electron chi connectivity index (χ2n) is 5.16. The van der Waals surface area contributed by atoms with Gasteiger partial charge < -0.3 is 14.8 Å². The molecule has 1 N–H and O–H groups in total. The summed E-state index contributed by atoms with van der Waals surface area (Å²) >= 11 is 5.99. The van der Waals surface area contributed by atoms with Crippen LogP contribution < -0.4 is 5.32 Å². The summed E-state index contributed by atoms with van der Waals surface area (Å²) in [7, 11) is 0. The molecule has 1 saturated heterocycles. The zero-order chi connectivity index (χ0) is 13.2. The van der Waals surface area contributed by atoms with Crippen molar-refractivity contribution in [3.05, 3.63) is 34.9 Å². The van der Waals surface area contributed by atoms with E-state index in [1.54, 1.807) is 0 Å². The van der Waals surface area contributed by atoms with Crippen LogP contribution in [0, 0.1) is 0 Å². The highest BCUT2D eigenvalue weighted by Gasteiger charge is 2.28. The van der Waals surface area contributed by atoms with Crippen LogP contribution in [0.15, 0.2) is 24.3 Å². The van der Waals surface area contributed by atoms with Crippen LogP contribution >= 0.6 is 11.6 Å². The van der Waals surface area contributed by atoms with Gasteiger partial charge in [0.05, 0.1) is 19.3 Å². The second kappa shape index (κ2) is 5.57. The highest BCUT2D eigenvalue weighted by atomic mass is 35.5. The molecule has 0 amide bonds. The lowest BCUT2D eigenvalue weighted by atomic mass is 10.1. The summed E-state index contributed by atoms with van der Waals surface area (Å²) in [4.78, 5) is 0. The third kappa shape index (κ3) is 3.69. The van der Waals surface area contributed by atoms with Crippen molar-refractivity contribution >= 4 is 11.6 Å². The Bertz CT molecular complexity index is 399. The van der Waals surface area contributed by atoms with Crippen LogP contribution in [0.5, 0.6) is 0 Å². The number of hydrogen-bond acceptors (Lipinski definition) is 3. The Morgan fingerprint density at radius 2 is 2.00 bits per heavy atom. The lowest BCUT2D eigenvalue weighted by Gasteiger charge is -2.36. The van der Waals surface area contributed by atoms with E-state index < -0.39 is 5.79 Å². The molecule has 1 aliphatic heterocycles. The normalized spacial score (nSPS) is 21.8. The van der Waals surface area contributed by atoms with Gasteiger partial charge in [0.25, 0.3) is 0 Å². The van der Waals surface area contributed by atoms with E-state index in [-0.39, 0.29) is 12.1 Å². The van der Waals surface area contributed by atoms with Gasteiger partial charge in [-0.3, -0.25) is 0 Å². The lowest BCUT2D eigenvalue weighted by Crippen LogP contribution is -2.49. The number of benzene rings is 1. The number of ether oxygens (including phenoxy) is 2. The molecule has 4 heteroatoms. The molecule has 0 unspecified atom stereocenters. The Labute approximate surface area is 113 Å². The van der Waals surface area contributed by atoms with Gasteiger partial charge in [0.15, 0.2) is 5.79 Å². The average Bonchev–Trinajstić information content (AvgIpc) is 2.32. The van der Waals surface area contributed by atoms with Gasteiger partial charge >= 0.3 is 0 Å². The smallest absolute Gasteiger partial charge is 0.162 e. The third-order valence-corrected chi connectivity index (χ3v) is 3.33. The molecule has 0 bridgehead atoms. The van der Waals surface area contributed by atoms with Gasteiger partial charge in [-0.15, -0.1) is 0 Å². The monoisotopic (exact) mass is 269 g/mol. The van der Waals surface area contributed by atoms with E-state index in [0.717, 1.165) is 5.02 Å². The fraction of sp³-hybridized carbons (Fsp3) is 0.571. The predicted octanol–water partition coefficient (Wildman–Crippen LogP) is 3.14. The standard InChI is InChI=1S/C14H20ClNO2/c1-10(11-5-4-6-12(15)7-11)16-13-8-17-14(2,3)18-9-13/h4-7,10,13,16H,8-9H2,1-3H3/t10-/m0/s1.